The molecule has 0 aromatic heterocycles. The highest BCUT2D eigenvalue weighted by Crippen LogP contribution is 2.24. The van der Waals surface area contributed by atoms with E-state index in [0.29, 0.717) is 0 Å². The first kappa shape index (κ1) is 11.7. The molecule has 0 aromatic carbocycles. The normalized spacial score (nSPS) is 13.6. The average molecular weight is 202 g/mol. The van der Waals surface area contributed by atoms with Crippen LogP contribution in [0.3, 0.4) is 0 Å². The Morgan fingerprint density at radius 1 is 1.38 bits per heavy atom. The van der Waals surface area contributed by atoms with Crippen LogP contribution in [0.1, 0.15) is 0 Å². The minimum atomic E-state index is -5.04. The molecule has 0 aliphatic rings. The Balaban J connectivity index is 4.36. The second-order valence-electron chi connectivity index (χ2n) is 1.81. The Morgan fingerprint density at radius 3 is 2.15 bits per heavy atom. The maximum Gasteiger partial charge on any atom is 0.401 e. The molecule has 0 saturated heterocycles. The minimum Gasteiger partial charge on any atom is -0.415 e. The molecule has 0 rings (SSSR count). The maximum absolute atomic E-state index is 12.0. The molecular weight excluding hydrogens is 199 g/mol. The highest BCUT2D eigenvalue weighted by molar-refractivity contribution is 5.78. The number of alkyl halides is 5. The van der Waals surface area contributed by atoms with Gasteiger partial charge < -0.3 is 4.74 Å². The van der Waals surface area contributed by atoms with Crippen LogP contribution in [-0.2, 0) is 9.53 Å². The molecule has 0 amide bonds. The predicted molar refractivity (Wildman–Crippen MR) is 30.8 cm³/mol. The van der Waals surface area contributed by atoms with Gasteiger partial charge >= 0.3 is 24.7 Å². The Labute approximate surface area is 69.7 Å². The van der Waals surface area contributed by atoms with E-state index in [0.717, 1.165) is 5.92 Å². The number of halogens is 5. The number of carbonyl (C=O) groups is 1. The molecule has 0 saturated carbocycles. The summed E-state index contributed by atoms with van der Waals surface area (Å²) in [6, 6.07) is 0. The summed E-state index contributed by atoms with van der Waals surface area (Å²) in [5.74, 6) is -6.61. The van der Waals surface area contributed by atoms with Gasteiger partial charge in [0.15, 0.2) is 0 Å². The Morgan fingerprint density at radius 2 is 1.85 bits per heavy atom. The van der Waals surface area contributed by atoms with Crippen LogP contribution < -0.4 is 0 Å². The van der Waals surface area contributed by atoms with E-state index in [1.807, 2.05) is 0 Å². The van der Waals surface area contributed by atoms with E-state index in [-0.39, 0.29) is 0 Å². The fraction of sp³-hybridized carbons (Fsp3) is 0.500. The SMILES string of the molecule is C#CC(F)OC(=O)C(F)(F)C(F)F. The molecule has 0 bridgehead atoms. The molecule has 2 nitrogen and oxygen atoms in total. The topological polar surface area (TPSA) is 26.3 Å². The molecule has 0 aliphatic heterocycles. The number of carbonyl (C=O) groups excluding carboxylic acids is 1. The number of rotatable bonds is 3. The zero-order chi connectivity index (χ0) is 10.6. The summed E-state index contributed by atoms with van der Waals surface area (Å²) < 4.78 is 61.8. The third kappa shape index (κ3) is 2.89. The second-order valence-corrected chi connectivity index (χ2v) is 1.81. The summed E-state index contributed by atoms with van der Waals surface area (Å²) in [5.41, 5.74) is 0. The quantitative estimate of drug-likeness (QED) is 0.392. The van der Waals surface area contributed by atoms with Crippen molar-refractivity contribution in [3.63, 3.8) is 0 Å². The third-order valence-electron chi connectivity index (χ3n) is 0.888. The van der Waals surface area contributed by atoms with E-state index in [9.17, 15) is 26.7 Å². The van der Waals surface area contributed by atoms with Gasteiger partial charge in [0, 0.05) is 0 Å². The monoisotopic (exact) mass is 202 g/mol. The predicted octanol–water partition coefficient (Wildman–Crippen LogP) is 1.36. The first-order valence-electron chi connectivity index (χ1n) is 2.79. The van der Waals surface area contributed by atoms with Crippen LogP contribution in [0.15, 0.2) is 0 Å². The Bertz CT molecular complexity index is 232. The van der Waals surface area contributed by atoms with Gasteiger partial charge in [0.05, 0.1) is 0 Å². The van der Waals surface area contributed by atoms with Gasteiger partial charge in [-0.05, 0) is 5.92 Å². The molecular formula is C6H3F5O2. The van der Waals surface area contributed by atoms with Crippen molar-refractivity contribution in [2.45, 2.75) is 18.7 Å². The number of terminal acetylenes is 1. The molecule has 0 N–H and O–H groups in total. The van der Waals surface area contributed by atoms with Crippen molar-refractivity contribution in [1.29, 1.82) is 0 Å². The van der Waals surface area contributed by atoms with Gasteiger partial charge in [-0.15, -0.1) is 6.42 Å². The van der Waals surface area contributed by atoms with Gasteiger partial charge in [-0.3, -0.25) is 0 Å². The molecule has 0 aromatic rings. The highest BCUT2D eigenvalue weighted by Gasteiger charge is 2.51. The lowest BCUT2D eigenvalue weighted by Gasteiger charge is -2.13. The summed E-state index contributed by atoms with van der Waals surface area (Å²) in [6.07, 6.45) is -2.71. The summed E-state index contributed by atoms with van der Waals surface area (Å²) in [6.45, 7) is 0. The van der Waals surface area contributed by atoms with Gasteiger partial charge in [0.1, 0.15) is 0 Å². The van der Waals surface area contributed by atoms with Gasteiger partial charge in [0.2, 0.25) is 0 Å². The lowest BCUT2D eigenvalue weighted by Crippen LogP contribution is -2.39. The smallest absolute Gasteiger partial charge is 0.401 e. The van der Waals surface area contributed by atoms with Crippen LogP contribution in [-0.4, -0.2) is 24.7 Å². The number of esters is 1. The summed E-state index contributed by atoms with van der Waals surface area (Å²) >= 11 is 0. The van der Waals surface area contributed by atoms with E-state index in [1.165, 1.54) is 0 Å². The van der Waals surface area contributed by atoms with Gasteiger partial charge in [0.25, 0.3) is 0 Å². The van der Waals surface area contributed by atoms with Crippen molar-refractivity contribution >= 4 is 5.97 Å². The molecule has 0 fully saturated rings. The van der Waals surface area contributed by atoms with E-state index in [2.05, 4.69) is 11.2 Å². The van der Waals surface area contributed by atoms with Crippen LogP contribution in [0.25, 0.3) is 0 Å². The zero-order valence-corrected chi connectivity index (χ0v) is 5.94. The van der Waals surface area contributed by atoms with Crippen LogP contribution in [0.5, 0.6) is 0 Å². The van der Waals surface area contributed by atoms with Gasteiger partial charge in [-0.25, -0.2) is 13.6 Å². The lowest BCUT2D eigenvalue weighted by atomic mass is 10.3. The lowest BCUT2D eigenvalue weighted by molar-refractivity contribution is -0.202. The van der Waals surface area contributed by atoms with Crippen molar-refractivity contribution in [3.8, 4) is 12.3 Å². The first-order chi connectivity index (χ1) is 5.82. The molecule has 0 radical (unpaired) electrons. The van der Waals surface area contributed by atoms with Crippen molar-refractivity contribution < 1.29 is 31.5 Å². The van der Waals surface area contributed by atoms with Gasteiger partial charge in [-0.1, -0.05) is 0 Å². The second kappa shape index (κ2) is 4.07. The van der Waals surface area contributed by atoms with E-state index >= 15 is 0 Å². The van der Waals surface area contributed by atoms with E-state index < -0.39 is 24.7 Å². The molecule has 74 valence electrons. The fourth-order valence-electron chi connectivity index (χ4n) is 0.296. The van der Waals surface area contributed by atoms with Crippen molar-refractivity contribution in [2.75, 3.05) is 0 Å². The largest absolute Gasteiger partial charge is 0.415 e. The Kier molecular flexibility index (Phi) is 3.66. The van der Waals surface area contributed by atoms with Crippen LogP contribution in [0, 0.1) is 12.3 Å². The maximum atomic E-state index is 12.0. The Hall–Kier alpha value is -1.32. The molecule has 0 spiro atoms. The zero-order valence-electron chi connectivity index (χ0n) is 5.94. The van der Waals surface area contributed by atoms with Crippen LogP contribution in [0.4, 0.5) is 22.0 Å². The van der Waals surface area contributed by atoms with E-state index in [1.54, 1.807) is 0 Å². The van der Waals surface area contributed by atoms with E-state index in [4.69, 9.17) is 0 Å². The van der Waals surface area contributed by atoms with Gasteiger partial charge in [-0.2, -0.15) is 13.2 Å². The molecule has 7 heteroatoms. The van der Waals surface area contributed by atoms with Crippen molar-refractivity contribution in [2.24, 2.45) is 0 Å². The van der Waals surface area contributed by atoms with Crippen LogP contribution in [0.2, 0.25) is 0 Å². The fourth-order valence-corrected chi connectivity index (χ4v) is 0.296. The molecule has 1 unspecified atom stereocenters. The molecule has 0 heterocycles. The number of ether oxygens (including phenoxy) is 1. The number of hydrogen-bond donors (Lipinski definition) is 0. The summed E-state index contributed by atoms with van der Waals surface area (Å²) in [5, 5.41) is 0. The standard InChI is InChI=1S/C6H3F5O2/c1-2-3(7)13-5(12)6(10,11)4(8)9/h1,3-4H. The third-order valence-corrected chi connectivity index (χ3v) is 0.888. The first-order valence-corrected chi connectivity index (χ1v) is 2.79. The minimum absolute atomic E-state index is 1.12. The number of hydrogen-bond acceptors (Lipinski definition) is 2. The average Bonchev–Trinajstić information content (AvgIpc) is 2.03. The van der Waals surface area contributed by atoms with Crippen molar-refractivity contribution in [1.82, 2.24) is 0 Å². The molecule has 1 atom stereocenters. The summed E-state index contributed by atoms with van der Waals surface area (Å²) in [7, 11) is 0. The molecule has 13 heavy (non-hydrogen) atoms. The summed E-state index contributed by atoms with van der Waals surface area (Å²) in [4.78, 5) is 10.1. The van der Waals surface area contributed by atoms with Crippen LogP contribution >= 0.6 is 0 Å². The van der Waals surface area contributed by atoms with Crippen molar-refractivity contribution in [3.05, 3.63) is 0 Å². The highest BCUT2D eigenvalue weighted by atomic mass is 19.3. The molecule has 0 aliphatic carbocycles.